The molecule has 25 heavy (non-hydrogen) atoms. The van der Waals surface area contributed by atoms with E-state index in [0.717, 1.165) is 44.9 Å². The first-order valence-corrected chi connectivity index (χ1v) is 10.3. The van der Waals surface area contributed by atoms with Gasteiger partial charge < -0.3 is 0 Å². The lowest BCUT2D eigenvalue weighted by Gasteiger charge is -2.61. The molecule has 0 saturated heterocycles. The first-order valence-electron chi connectivity index (χ1n) is 10.3. The van der Waals surface area contributed by atoms with Crippen LogP contribution in [0.5, 0.6) is 0 Å². The summed E-state index contributed by atoms with van der Waals surface area (Å²) >= 11 is 0. The summed E-state index contributed by atoms with van der Waals surface area (Å²) in [6.45, 7) is 4.26. The van der Waals surface area contributed by atoms with Gasteiger partial charge in [-0.3, -0.25) is 4.79 Å². The van der Waals surface area contributed by atoms with Crippen LogP contribution in [-0.2, 0) is 4.79 Å². The minimum Gasteiger partial charge on any atom is -0.293 e. The maximum absolute atomic E-state index is 15.1. The van der Waals surface area contributed by atoms with E-state index in [0.29, 0.717) is 36.5 Å². The molecule has 0 aromatic rings. The highest BCUT2D eigenvalue weighted by Crippen LogP contribution is 2.67. The Morgan fingerprint density at radius 2 is 1.72 bits per heavy atom. The van der Waals surface area contributed by atoms with Gasteiger partial charge in [0.25, 0.3) is 6.43 Å². The number of halogens is 3. The highest BCUT2D eigenvalue weighted by atomic mass is 19.3. The number of alkyl halides is 3. The second-order valence-electron chi connectivity index (χ2n) is 9.79. The monoisotopic (exact) mass is 356 g/mol. The lowest BCUT2D eigenvalue weighted by molar-refractivity contribution is -0.153. The summed E-state index contributed by atoms with van der Waals surface area (Å²) in [4.78, 5) is 12.1. The summed E-state index contributed by atoms with van der Waals surface area (Å²) in [6.07, 6.45) is 4.67. The summed E-state index contributed by atoms with van der Waals surface area (Å²) < 4.78 is 41.2. The Morgan fingerprint density at radius 3 is 2.44 bits per heavy atom. The Balaban J connectivity index is 1.63. The molecule has 4 saturated carbocycles. The molecule has 4 aliphatic carbocycles. The van der Waals surface area contributed by atoms with Gasteiger partial charge in [0.15, 0.2) is 0 Å². The molecule has 1 unspecified atom stereocenters. The number of Topliss-reactive ketones (excluding diaryl/α,β-unsaturated/α-hetero) is 1. The van der Waals surface area contributed by atoms with Crippen molar-refractivity contribution in [3.8, 4) is 0 Å². The molecule has 1 nitrogen and oxygen atoms in total. The maximum atomic E-state index is 15.1. The molecular weight excluding hydrogens is 325 g/mol. The molecule has 4 rings (SSSR count). The van der Waals surface area contributed by atoms with Crippen LogP contribution >= 0.6 is 0 Å². The largest absolute Gasteiger partial charge is 0.296 e. The fourth-order valence-electron chi connectivity index (χ4n) is 7.89. The van der Waals surface area contributed by atoms with Crippen molar-refractivity contribution >= 4 is 5.78 Å². The number of hydrogen-bond acceptors (Lipinski definition) is 1. The van der Waals surface area contributed by atoms with Gasteiger partial charge in [-0.05, 0) is 80.5 Å². The zero-order valence-corrected chi connectivity index (χ0v) is 15.4. The van der Waals surface area contributed by atoms with Crippen molar-refractivity contribution in [1.82, 2.24) is 0 Å². The zero-order valence-electron chi connectivity index (χ0n) is 15.4. The van der Waals surface area contributed by atoms with Crippen molar-refractivity contribution in [2.24, 2.45) is 40.4 Å². The standard InChI is InChI=1S/C21H31F3O/c1-20-11-10-15-13(14(20)8-9-16(20)18(25)19(23)24)7-6-12-4-3-5-17(22)21(12,15)2/h12-17,19H,3-11H2,1-2H3/t12-,13+,14+,15+,16-,17?,20+,21+/m1/s1. The second-order valence-corrected chi connectivity index (χ2v) is 9.79. The molecule has 0 radical (unpaired) electrons. The number of hydrogen-bond donors (Lipinski definition) is 0. The van der Waals surface area contributed by atoms with Crippen LogP contribution in [-0.4, -0.2) is 18.4 Å². The van der Waals surface area contributed by atoms with Crippen molar-refractivity contribution in [3.63, 3.8) is 0 Å². The van der Waals surface area contributed by atoms with Gasteiger partial charge in [0.05, 0.1) is 0 Å². The lowest BCUT2D eigenvalue weighted by Crippen LogP contribution is -2.56. The molecule has 4 heteroatoms. The third kappa shape index (κ3) is 2.37. The predicted molar refractivity (Wildman–Crippen MR) is 91.1 cm³/mol. The van der Waals surface area contributed by atoms with E-state index in [4.69, 9.17) is 0 Å². The van der Waals surface area contributed by atoms with Gasteiger partial charge in [-0.1, -0.05) is 20.3 Å². The summed E-state index contributed by atoms with van der Waals surface area (Å²) in [6, 6.07) is 0. The number of carbonyl (C=O) groups excluding carboxylic acids is 1. The molecule has 8 atom stereocenters. The minimum absolute atomic E-state index is 0.229. The molecule has 0 heterocycles. The van der Waals surface area contributed by atoms with Crippen molar-refractivity contribution < 1.29 is 18.0 Å². The van der Waals surface area contributed by atoms with Gasteiger partial charge in [-0.15, -0.1) is 0 Å². The third-order valence-electron chi connectivity index (χ3n) is 9.21. The molecule has 0 N–H and O–H groups in total. The molecule has 4 fully saturated rings. The maximum Gasteiger partial charge on any atom is 0.296 e. The Labute approximate surface area is 149 Å². The van der Waals surface area contributed by atoms with E-state index in [2.05, 4.69) is 13.8 Å². The van der Waals surface area contributed by atoms with Crippen LogP contribution in [0.25, 0.3) is 0 Å². The first-order chi connectivity index (χ1) is 11.8. The molecule has 142 valence electrons. The molecule has 0 spiro atoms. The highest BCUT2D eigenvalue weighted by Gasteiger charge is 2.63. The average Bonchev–Trinajstić information content (AvgIpc) is 2.92. The fourth-order valence-corrected chi connectivity index (χ4v) is 7.89. The van der Waals surface area contributed by atoms with Crippen molar-refractivity contribution in [2.75, 3.05) is 0 Å². The summed E-state index contributed by atoms with van der Waals surface area (Å²) in [7, 11) is 0. The van der Waals surface area contributed by atoms with Gasteiger partial charge in [0.1, 0.15) is 6.17 Å². The zero-order chi connectivity index (χ0) is 18.0. The lowest BCUT2D eigenvalue weighted by atomic mass is 9.44. The van der Waals surface area contributed by atoms with E-state index in [9.17, 15) is 13.6 Å². The molecule has 0 bridgehead atoms. The third-order valence-corrected chi connectivity index (χ3v) is 9.21. The molecule has 4 aliphatic rings. The van der Waals surface area contributed by atoms with E-state index >= 15 is 4.39 Å². The van der Waals surface area contributed by atoms with Gasteiger partial charge in [-0.25, -0.2) is 13.2 Å². The molecule has 0 aromatic heterocycles. The topological polar surface area (TPSA) is 17.1 Å². The average molecular weight is 356 g/mol. The van der Waals surface area contributed by atoms with E-state index < -0.39 is 24.3 Å². The number of carbonyl (C=O) groups is 1. The van der Waals surface area contributed by atoms with Gasteiger partial charge in [0.2, 0.25) is 5.78 Å². The van der Waals surface area contributed by atoms with Crippen molar-refractivity contribution in [2.45, 2.75) is 84.2 Å². The quantitative estimate of drug-likeness (QED) is 0.609. The van der Waals surface area contributed by atoms with Crippen LogP contribution in [0.3, 0.4) is 0 Å². The molecule has 0 amide bonds. The number of fused-ring (bicyclic) bond motifs is 5. The normalized spacial score (nSPS) is 52.4. The smallest absolute Gasteiger partial charge is 0.293 e. The van der Waals surface area contributed by atoms with Crippen LogP contribution in [0, 0.1) is 40.4 Å². The van der Waals surface area contributed by atoms with Crippen LogP contribution in [0.2, 0.25) is 0 Å². The minimum atomic E-state index is -2.85. The summed E-state index contributed by atoms with van der Waals surface area (Å²) in [5.74, 6) is 0.278. The van der Waals surface area contributed by atoms with Gasteiger partial charge in [-0.2, -0.15) is 0 Å². The molecule has 0 aromatic carbocycles. The number of ketones is 1. The Kier molecular flexibility index (Phi) is 4.28. The molecule has 0 aliphatic heterocycles. The summed E-state index contributed by atoms with van der Waals surface area (Å²) in [5.41, 5.74) is -0.522. The van der Waals surface area contributed by atoms with Crippen molar-refractivity contribution in [1.29, 1.82) is 0 Å². The predicted octanol–water partition coefficient (Wildman–Crippen LogP) is 5.82. The van der Waals surface area contributed by atoms with Crippen LogP contribution in [0.15, 0.2) is 0 Å². The van der Waals surface area contributed by atoms with E-state index in [1.165, 1.54) is 0 Å². The SMILES string of the molecule is C[C@]12CC[C@H]3[C@@H](CC[C@H]4CCCC(F)[C@@]43C)[C@@H]1CC[C@@H]2C(=O)C(F)F. The Hall–Kier alpha value is -0.540. The highest BCUT2D eigenvalue weighted by molar-refractivity contribution is 5.85. The first kappa shape index (κ1) is 17.9. The van der Waals surface area contributed by atoms with Gasteiger partial charge >= 0.3 is 0 Å². The molecular formula is C21H31F3O. The Bertz CT molecular complexity index is 549. The number of rotatable bonds is 2. The van der Waals surface area contributed by atoms with Crippen molar-refractivity contribution in [3.05, 3.63) is 0 Å². The second kappa shape index (κ2) is 5.99. The van der Waals surface area contributed by atoms with E-state index in [-0.39, 0.29) is 10.8 Å². The van der Waals surface area contributed by atoms with Crippen LogP contribution < -0.4 is 0 Å². The Morgan fingerprint density at radius 1 is 0.960 bits per heavy atom. The fraction of sp³-hybridized carbons (Fsp3) is 0.952. The van der Waals surface area contributed by atoms with Crippen LogP contribution in [0.4, 0.5) is 13.2 Å². The van der Waals surface area contributed by atoms with Gasteiger partial charge in [0, 0.05) is 11.3 Å². The van der Waals surface area contributed by atoms with Crippen LogP contribution in [0.1, 0.15) is 71.6 Å². The van der Waals surface area contributed by atoms with E-state index in [1.54, 1.807) is 0 Å². The summed E-state index contributed by atoms with van der Waals surface area (Å²) in [5, 5.41) is 0. The van der Waals surface area contributed by atoms with E-state index in [1.807, 2.05) is 0 Å².